The lowest BCUT2D eigenvalue weighted by molar-refractivity contribution is 0.430. The molecule has 0 amide bonds. The first-order valence-corrected chi connectivity index (χ1v) is 7.53. The zero-order valence-electron chi connectivity index (χ0n) is 13.4. The van der Waals surface area contributed by atoms with E-state index in [1.165, 1.54) is 0 Å². The largest absolute Gasteiger partial charge is 0.493 e. The molecule has 0 radical (unpaired) electrons. The second-order valence-electron chi connectivity index (χ2n) is 5.38. The van der Waals surface area contributed by atoms with Gasteiger partial charge in [0.2, 0.25) is 5.88 Å². The van der Waals surface area contributed by atoms with Crippen LogP contribution >= 0.6 is 0 Å². The van der Waals surface area contributed by atoms with Crippen molar-refractivity contribution in [2.24, 2.45) is 4.99 Å². The average molecular weight is 336 g/mol. The van der Waals surface area contributed by atoms with E-state index >= 15 is 0 Å². The van der Waals surface area contributed by atoms with Crippen molar-refractivity contribution < 1.29 is 5.11 Å². The van der Waals surface area contributed by atoms with Gasteiger partial charge in [0.25, 0.3) is 5.56 Å². The molecule has 25 heavy (non-hydrogen) atoms. The van der Waals surface area contributed by atoms with E-state index < -0.39 is 17.1 Å². The predicted octanol–water partition coefficient (Wildman–Crippen LogP) is 1.95. The lowest BCUT2D eigenvalue weighted by Gasteiger charge is -2.11. The molecule has 4 N–H and O–H groups in total. The molecule has 0 unspecified atom stereocenters. The van der Waals surface area contributed by atoms with E-state index in [0.717, 1.165) is 4.57 Å². The second kappa shape index (κ2) is 6.48. The molecular formula is C18H16N4O3. The molecule has 0 aliphatic heterocycles. The van der Waals surface area contributed by atoms with Gasteiger partial charge in [-0.1, -0.05) is 30.3 Å². The maximum Gasteiger partial charge on any atom is 0.335 e. The number of aromatic amines is 1. The lowest BCUT2D eigenvalue weighted by Crippen LogP contribution is -2.32. The van der Waals surface area contributed by atoms with Crippen LogP contribution in [0.5, 0.6) is 5.88 Å². The zero-order chi connectivity index (χ0) is 18.0. The van der Waals surface area contributed by atoms with Crippen LogP contribution < -0.4 is 17.0 Å². The van der Waals surface area contributed by atoms with Crippen LogP contribution in [0.2, 0.25) is 0 Å². The molecule has 0 aliphatic carbocycles. The fourth-order valence-corrected chi connectivity index (χ4v) is 2.49. The van der Waals surface area contributed by atoms with Crippen LogP contribution in [0.15, 0.2) is 69.2 Å². The number of para-hydroxylation sites is 3. The average Bonchev–Trinajstić information content (AvgIpc) is 2.57. The van der Waals surface area contributed by atoms with Crippen molar-refractivity contribution in [1.29, 1.82) is 0 Å². The number of aromatic nitrogens is 2. The number of hydrogen-bond donors (Lipinski definition) is 3. The highest BCUT2D eigenvalue weighted by atomic mass is 16.3. The minimum absolute atomic E-state index is 0.0910. The molecule has 7 heteroatoms. The number of hydrogen-bond acceptors (Lipinski definition) is 5. The molecule has 1 aromatic heterocycles. The van der Waals surface area contributed by atoms with Crippen molar-refractivity contribution in [3.63, 3.8) is 0 Å². The minimum atomic E-state index is -0.732. The molecule has 0 aliphatic rings. The Labute approximate surface area is 142 Å². The van der Waals surface area contributed by atoms with Gasteiger partial charge in [-0.25, -0.2) is 9.36 Å². The number of nitrogen functional groups attached to an aromatic ring is 1. The number of anilines is 1. The first-order chi connectivity index (χ1) is 12.0. The molecule has 0 fully saturated rings. The molecule has 1 heterocycles. The summed E-state index contributed by atoms with van der Waals surface area (Å²) in [5.74, 6) is -0.476. The van der Waals surface area contributed by atoms with Crippen molar-refractivity contribution in [2.75, 3.05) is 5.73 Å². The van der Waals surface area contributed by atoms with Crippen LogP contribution in [-0.4, -0.2) is 20.4 Å². The van der Waals surface area contributed by atoms with Crippen molar-refractivity contribution in [3.8, 4) is 11.6 Å². The number of aromatic hydroxyl groups is 1. The van der Waals surface area contributed by atoms with Gasteiger partial charge < -0.3 is 10.8 Å². The summed E-state index contributed by atoms with van der Waals surface area (Å²) >= 11 is 0. The summed E-state index contributed by atoms with van der Waals surface area (Å²) in [6.07, 6.45) is 0. The third-order valence-corrected chi connectivity index (χ3v) is 3.69. The van der Waals surface area contributed by atoms with E-state index in [1.54, 1.807) is 61.5 Å². The van der Waals surface area contributed by atoms with Gasteiger partial charge in [0, 0.05) is 0 Å². The Morgan fingerprint density at radius 1 is 1.08 bits per heavy atom. The molecule has 0 spiro atoms. The van der Waals surface area contributed by atoms with Crippen molar-refractivity contribution in [2.45, 2.75) is 6.92 Å². The van der Waals surface area contributed by atoms with Gasteiger partial charge in [-0.15, -0.1) is 0 Å². The number of rotatable bonds is 3. The van der Waals surface area contributed by atoms with Gasteiger partial charge in [-0.3, -0.25) is 14.8 Å². The summed E-state index contributed by atoms with van der Waals surface area (Å²) in [6.45, 7) is 1.57. The molecule has 3 aromatic rings. The summed E-state index contributed by atoms with van der Waals surface area (Å²) in [5.41, 5.74) is 5.89. The van der Waals surface area contributed by atoms with Gasteiger partial charge in [0.1, 0.15) is 5.56 Å². The van der Waals surface area contributed by atoms with Crippen molar-refractivity contribution >= 4 is 17.1 Å². The van der Waals surface area contributed by atoms with E-state index in [2.05, 4.69) is 9.98 Å². The van der Waals surface area contributed by atoms with Crippen LogP contribution in [0.25, 0.3) is 5.69 Å². The highest BCUT2D eigenvalue weighted by Crippen LogP contribution is 2.23. The first kappa shape index (κ1) is 16.3. The van der Waals surface area contributed by atoms with Gasteiger partial charge in [0.05, 0.1) is 22.8 Å². The zero-order valence-corrected chi connectivity index (χ0v) is 13.4. The topological polar surface area (TPSA) is 113 Å². The smallest absolute Gasteiger partial charge is 0.335 e. The molecule has 7 nitrogen and oxygen atoms in total. The maximum atomic E-state index is 12.2. The second-order valence-corrected chi connectivity index (χ2v) is 5.38. The molecule has 2 aromatic carbocycles. The molecule has 0 saturated heterocycles. The summed E-state index contributed by atoms with van der Waals surface area (Å²) in [7, 11) is 0. The Morgan fingerprint density at radius 2 is 1.72 bits per heavy atom. The molecule has 0 saturated carbocycles. The Balaban J connectivity index is 2.22. The Hall–Kier alpha value is -3.61. The quantitative estimate of drug-likeness (QED) is 0.501. The predicted molar refractivity (Wildman–Crippen MR) is 97.0 cm³/mol. The molecule has 0 atom stereocenters. The highest BCUT2D eigenvalue weighted by Gasteiger charge is 2.18. The Kier molecular flexibility index (Phi) is 4.21. The fraction of sp³-hybridized carbons (Fsp3) is 0.0556. The van der Waals surface area contributed by atoms with Gasteiger partial charge in [0.15, 0.2) is 0 Å². The summed E-state index contributed by atoms with van der Waals surface area (Å²) in [6, 6.07) is 15.4. The summed E-state index contributed by atoms with van der Waals surface area (Å²) in [5, 5.41) is 10.6. The van der Waals surface area contributed by atoms with E-state index in [-0.39, 0.29) is 11.3 Å². The third kappa shape index (κ3) is 3.07. The minimum Gasteiger partial charge on any atom is -0.493 e. The van der Waals surface area contributed by atoms with Gasteiger partial charge >= 0.3 is 5.69 Å². The Morgan fingerprint density at radius 3 is 2.40 bits per heavy atom. The normalized spacial score (nSPS) is 11.5. The van der Waals surface area contributed by atoms with E-state index in [4.69, 9.17) is 5.73 Å². The number of nitrogens with one attached hydrogen (secondary N) is 1. The monoisotopic (exact) mass is 336 g/mol. The molecule has 0 bridgehead atoms. The van der Waals surface area contributed by atoms with Gasteiger partial charge in [-0.2, -0.15) is 0 Å². The standard InChI is InChI=1S/C18H16N4O3/c1-11(20-14-10-6-5-9-13(14)19)15-16(23)21-18(25)22(17(15)24)12-7-3-2-4-8-12/h2-10,24H,19H2,1H3,(H,21,23,25). The number of H-pyrrole nitrogens is 1. The van der Waals surface area contributed by atoms with Crippen LogP contribution in [0, 0.1) is 0 Å². The number of aliphatic imine (C=N–C) groups is 1. The summed E-state index contributed by atoms with van der Waals surface area (Å²) in [4.78, 5) is 30.9. The summed E-state index contributed by atoms with van der Waals surface area (Å²) < 4.78 is 1.02. The maximum absolute atomic E-state index is 12.2. The van der Waals surface area contributed by atoms with Crippen molar-refractivity contribution in [1.82, 2.24) is 9.55 Å². The number of nitrogens with two attached hydrogens (primary N) is 1. The van der Waals surface area contributed by atoms with Gasteiger partial charge in [-0.05, 0) is 31.2 Å². The van der Waals surface area contributed by atoms with Crippen LogP contribution in [-0.2, 0) is 0 Å². The van der Waals surface area contributed by atoms with Crippen LogP contribution in [0.4, 0.5) is 11.4 Å². The van der Waals surface area contributed by atoms with E-state index in [9.17, 15) is 14.7 Å². The molecule has 126 valence electrons. The lowest BCUT2D eigenvalue weighted by atomic mass is 10.2. The van der Waals surface area contributed by atoms with Crippen LogP contribution in [0.3, 0.4) is 0 Å². The third-order valence-electron chi connectivity index (χ3n) is 3.69. The molecule has 3 rings (SSSR count). The number of benzene rings is 2. The Bertz CT molecular complexity index is 1070. The highest BCUT2D eigenvalue weighted by molar-refractivity contribution is 6.02. The van der Waals surface area contributed by atoms with Crippen molar-refractivity contribution in [3.05, 3.63) is 81.0 Å². The van der Waals surface area contributed by atoms with E-state index in [1.807, 2.05) is 0 Å². The van der Waals surface area contributed by atoms with Crippen LogP contribution in [0.1, 0.15) is 12.5 Å². The fourth-order valence-electron chi connectivity index (χ4n) is 2.49. The number of nitrogens with zero attached hydrogens (tertiary/aromatic N) is 2. The first-order valence-electron chi connectivity index (χ1n) is 7.53. The molecular weight excluding hydrogens is 320 g/mol. The van der Waals surface area contributed by atoms with E-state index in [0.29, 0.717) is 17.1 Å². The SMILES string of the molecule is CC(=Nc1ccccc1N)c1c(O)n(-c2ccccc2)c(=O)[nH]c1=O.